The van der Waals surface area contributed by atoms with Gasteiger partial charge in [-0.1, -0.05) is 5.16 Å². The summed E-state index contributed by atoms with van der Waals surface area (Å²) in [6.07, 6.45) is 1.54. The van der Waals surface area contributed by atoms with Crippen molar-refractivity contribution in [3.63, 3.8) is 0 Å². The van der Waals surface area contributed by atoms with E-state index in [1.807, 2.05) is 0 Å². The fourth-order valence-corrected chi connectivity index (χ4v) is 3.05. The van der Waals surface area contributed by atoms with Gasteiger partial charge < -0.3 is 14.4 Å². The second kappa shape index (κ2) is 5.42. The summed E-state index contributed by atoms with van der Waals surface area (Å²) in [4.78, 5) is 10.6. The van der Waals surface area contributed by atoms with Crippen molar-refractivity contribution in [2.75, 3.05) is 13.2 Å². The molecule has 17 heavy (non-hydrogen) atoms. The van der Waals surface area contributed by atoms with Crippen LogP contribution in [0.2, 0.25) is 0 Å². The van der Waals surface area contributed by atoms with Crippen LogP contribution in [0.3, 0.4) is 0 Å². The third kappa shape index (κ3) is 3.13. The van der Waals surface area contributed by atoms with Gasteiger partial charge in [0.15, 0.2) is 5.69 Å². The Bertz CT molecular complexity index is 424. The molecule has 2 heterocycles. The maximum absolute atomic E-state index is 12.0. The Labute approximate surface area is 100 Å². The minimum absolute atomic E-state index is 0.0992. The van der Waals surface area contributed by atoms with Crippen molar-refractivity contribution >= 4 is 16.8 Å². The fourth-order valence-electron chi connectivity index (χ4n) is 1.68. The number of aromatic carboxylic acids is 1. The van der Waals surface area contributed by atoms with Gasteiger partial charge in [0.25, 0.3) is 0 Å². The van der Waals surface area contributed by atoms with Crippen molar-refractivity contribution in [2.45, 2.75) is 23.8 Å². The van der Waals surface area contributed by atoms with Crippen LogP contribution >= 0.6 is 0 Å². The molecule has 1 saturated heterocycles. The second-order valence-corrected chi connectivity index (χ2v) is 5.54. The Morgan fingerprint density at radius 2 is 2.24 bits per heavy atom. The number of ether oxygens (including phenoxy) is 1. The van der Waals surface area contributed by atoms with Gasteiger partial charge in [0.2, 0.25) is 0 Å². The maximum atomic E-state index is 12.0. The normalized spacial score (nSPS) is 19.1. The molecule has 1 N–H and O–H groups in total. The van der Waals surface area contributed by atoms with Crippen molar-refractivity contribution < 1.29 is 23.4 Å². The van der Waals surface area contributed by atoms with Crippen LogP contribution in [0, 0.1) is 0 Å². The highest BCUT2D eigenvalue weighted by atomic mass is 32.2. The number of aromatic nitrogens is 1. The third-order valence-corrected chi connectivity index (χ3v) is 4.39. The average Bonchev–Trinajstić information content (AvgIpc) is 2.79. The van der Waals surface area contributed by atoms with E-state index in [0.29, 0.717) is 19.0 Å². The number of carbonyl (C=O) groups is 1. The van der Waals surface area contributed by atoms with Gasteiger partial charge in [-0.05, 0) is 12.8 Å². The smallest absolute Gasteiger partial charge is 0.358 e. The quantitative estimate of drug-likeness (QED) is 0.860. The summed E-state index contributed by atoms with van der Waals surface area (Å²) in [6.45, 7) is 1.26. The molecule has 1 aliphatic rings. The van der Waals surface area contributed by atoms with Gasteiger partial charge in [-0.25, -0.2) is 4.79 Å². The molecule has 0 amide bonds. The van der Waals surface area contributed by atoms with Crippen molar-refractivity contribution in [3.05, 3.63) is 17.5 Å². The van der Waals surface area contributed by atoms with E-state index >= 15 is 0 Å². The lowest BCUT2D eigenvalue weighted by Gasteiger charge is -2.20. The molecule has 6 nitrogen and oxygen atoms in total. The molecule has 0 saturated carbocycles. The van der Waals surface area contributed by atoms with Crippen LogP contribution in [0.15, 0.2) is 10.6 Å². The number of hydrogen-bond acceptors (Lipinski definition) is 5. The zero-order valence-corrected chi connectivity index (χ0v) is 9.94. The van der Waals surface area contributed by atoms with Crippen LogP contribution in [0.4, 0.5) is 0 Å². The summed E-state index contributed by atoms with van der Waals surface area (Å²) in [6, 6.07) is 1.32. The highest BCUT2D eigenvalue weighted by Gasteiger charge is 2.22. The second-order valence-electron chi connectivity index (χ2n) is 3.82. The van der Waals surface area contributed by atoms with Gasteiger partial charge in [-0.2, -0.15) is 0 Å². The first-order valence-corrected chi connectivity index (χ1v) is 6.69. The summed E-state index contributed by atoms with van der Waals surface area (Å²) in [5.74, 6) is -0.575. The summed E-state index contributed by atoms with van der Waals surface area (Å²) in [7, 11) is -1.06. The van der Waals surface area contributed by atoms with Gasteiger partial charge >= 0.3 is 5.97 Å². The molecule has 7 heteroatoms. The molecule has 1 aliphatic heterocycles. The lowest BCUT2D eigenvalue weighted by Crippen LogP contribution is -2.25. The van der Waals surface area contributed by atoms with Crippen LogP contribution in [0.25, 0.3) is 0 Å². The fraction of sp³-hybridized carbons (Fsp3) is 0.600. The van der Waals surface area contributed by atoms with E-state index in [0.717, 1.165) is 12.8 Å². The van der Waals surface area contributed by atoms with Gasteiger partial charge in [-0.3, -0.25) is 4.21 Å². The Hall–Kier alpha value is -1.21. The van der Waals surface area contributed by atoms with Crippen molar-refractivity contribution in [2.24, 2.45) is 0 Å². The molecule has 0 aliphatic carbocycles. The molecular weight excluding hydrogens is 246 g/mol. The molecule has 1 atom stereocenters. The Morgan fingerprint density at radius 1 is 1.53 bits per heavy atom. The molecular formula is C10H13NO5S. The number of rotatable bonds is 4. The number of carboxylic acids is 1. The summed E-state index contributed by atoms with van der Waals surface area (Å²) in [5.41, 5.74) is -0.149. The molecule has 1 unspecified atom stereocenters. The Kier molecular flexibility index (Phi) is 3.90. The van der Waals surface area contributed by atoms with Crippen LogP contribution in [-0.2, 0) is 21.3 Å². The number of hydrogen-bond donors (Lipinski definition) is 1. The van der Waals surface area contributed by atoms with E-state index in [1.165, 1.54) is 6.07 Å². The molecule has 1 aromatic heterocycles. The van der Waals surface area contributed by atoms with E-state index < -0.39 is 16.8 Å². The molecule has 1 fully saturated rings. The maximum Gasteiger partial charge on any atom is 0.358 e. The largest absolute Gasteiger partial charge is 0.476 e. The van der Waals surface area contributed by atoms with Crippen molar-refractivity contribution in [1.82, 2.24) is 5.16 Å². The summed E-state index contributed by atoms with van der Waals surface area (Å²) >= 11 is 0. The molecule has 1 aromatic rings. The SMILES string of the molecule is O=C(O)c1cc(CS(=O)C2CCOCC2)on1. The first-order valence-electron chi connectivity index (χ1n) is 5.30. The molecule has 0 spiro atoms. The van der Waals surface area contributed by atoms with E-state index in [2.05, 4.69) is 5.16 Å². The monoisotopic (exact) mass is 259 g/mol. The molecule has 94 valence electrons. The van der Waals surface area contributed by atoms with Crippen LogP contribution in [-0.4, -0.2) is 38.9 Å². The predicted molar refractivity (Wildman–Crippen MR) is 59.1 cm³/mol. The zero-order valence-electron chi connectivity index (χ0n) is 9.13. The molecule has 0 radical (unpaired) electrons. The average molecular weight is 259 g/mol. The molecule has 2 rings (SSSR count). The standard InChI is InChI=1S/C10H13NO5S/c12-10(13)9-5-7(16-11-9)6-17(14)8-1-3-15-4-2-8/h5,8H,1-4,6H2,(H,12,13). The van der Waals surface area contributed by atoms with Crippen LogP contribution in [0.5, 0.6) is 0 Å². The highest BCUT2D eigenvalue weighted by molar-refractivity contribution is 7.84. The van der Waals surface area contributed by atoms with Gasteiger partial charge in [0.05, 0.1) is 5.75 Å². The Balaban J connectivity index is 1.94. The van der Waals surface area contributed by atoms with E-state index in [-0.39, 0.29) is 16.7 Å². The molecule has 0 aromatic carbocycles. The van der Waals surface area contributed by atoms with E-state index in [1.54, 1.807) is 0 Å². The zero-order chi connectivity index (χ0) is 12.3. The summed E-state index contributed by atoms with van der Waals surface area (Å²) in [5, 5.41) is 12.1. The first kappa shape index (κ1) is 12.3. The number of carboxylic acid groups (broad SMARTS) is 1. The summed E-state index contributed by atoms with van der Waals surface area (Å²) < 4.78 is 22.0. The van der Waals surface area contributed by atoms with Crippen molar-refractivity contribution in [3.8, 4) is 0 Å². The molecule has 0 bridgehead atoms. The Morgan fingerprint density at radius 3 is 2.82 bits per heavy atom. The minimum Gasteiger partial charge on any atom is -0.476 e. The minimum atomic E-state index is -1.14. The first-order chi connectivity index (χ1) is 8.16. The topological polar surface area (TPSA) is 89.6 Å². The van der Waals surface area contributed by atoms with Crippen LogP contribution in [0.1, 0.15) is 29.1 Å². The lowest BCUT2D eigenvalue weighted by molar-refractivity contribution is 0.0685. The highest BCUT2D eigenvalue weighted by Crippen LogP contribution is 2.17. The van der Waals surface area contributed by atoms with E-state index in [9.17, 15) is 9.00 Å². The van der Waals surface area contributed by atoms with Gasteiger partial charge in [0, 0.05) is 35.3 Å². The van der Waals surface area contributed by atoms with E-state index in [4.69, 9.17) is 14.4 Å². The van der Waals surface area contributed by atoms with Gasteiger partial charge in [0.1, 0.15) is 5.76 Å². The third-order valence-electron chi connectivity index (χ3n) is 2.60. The van der Waals surface area contributed by atoms with Crippen molar-refractivity contribution in [1.29, 1.82) is 0 Å². The predicted octanol–water partition coefficient (Wildman–Crippen LogP) is 0.800. The van der Waals surface area contributed by atoms with Gasteiger partial charge in [-0.15, -0.1) is 0 Å². The number of nitrogens with zero attached hydrogens (tertiary/aromatic N) is 1. The van der Waals surface area contributed by atoms with Crippen LogP contribution < -0.4 is 0 Å². The lowest BCUT2D eigenvalue weighted by atomic mass is 10.2.